The molecule has 0 radical (unpaired) electrons. The van der Waals surface area contributed by atoms with E-state index < -0.39 is 5.97 Å². The van der Waals surface area contributed by atoms with E-state index in [4.69, 9.17) is 25.8 Å². The molecule has 7 heteroatoms. The van der Waals surface area contributed by atoms with Crippen molar-refractivity contribution in [2.24, 2.45) is 5.92 Å². The van der Waals surface area contributed by atoms with Crippen molar-refractivity contribution in [2.75, 3.05) is 33.9 Å². The highest BCUT2D eigenvalue weighted by Gasteiger charge is 2.35. The SMILES string of the molecule is CCOc1ccc(Cl)cc1C(c1c(OC)cccc1OC)N1CCC(C(=O)O)CC1. The molecule has 0 spiro atoms. The van der Waals surface area contributed by atoms with Crippen LogP contribution in [0, 0.1) is 5.92 Å². The zero-order chi connectivity index (χ0) is 21.7. The van der Waals surface area contributed by atoms with Gasteiger partial charge in [0.1, 0.15) is 17.2 Å². The molecule has 2 aromatic rings. The van der Waals surface area contributed by atoms with Crippen LogP contribution in [0.2, 0.25) is 5.02 Å². The average molecular weight is 434 g/mol. The lowest BCUT2D eigenvalue weighted by atomic mass is 9.90. The Morgan fingerprint density at radius 2 is 1.77 bits per heavy atom. The Morgan fingerprint density at radius 1 is 1.13 bits per heavy atom. The van der Waals surface area contributed by atoms with Gasteiger partial charge in [-0.3, -0.25) is 9.69 Å². The summed E-state index contributed by atoms with van der Waals surface area (Å²) in [6.07, 6.45) is 1.15. The highest BCUT2D eigenvalue weighted by atomic mass is 35.5. The van der Waals surface area contributed by atoms with Crippen molar-refractivity contribution >= 4 is 17.6 Å². The molecule has 6 nitrogen and oxygen atoms in total. The molecule has 0 bridgehead atoms. The van der Waals surface area contributed by atoms with Gasteiger partial charge >= 0.3 is 5.97 Å². The number of likely N-dealkylation sites (tertiary alicyclic amines) is 1. The van der Waals surface area contributed by atoms with Gasteiger partial charge in [-0.2, -0.15) is 0 Å². The van der Waals surface area contributed by atoms with Gasteiger partial charge in [0, 0.05) is 10.6 Å². The number of nitrogens with zero attached hydrogens (tertiary/aromatic N) is 1. The third kappa shape index (κ3) is 4.65. The molecule has 1 heterocycles. The van der Waals surface area contributed by atoms with Crippen molar-refractivity contribution in [2.45, 2.75) is 25.8 Å². The Hall–Kier alpha value is -2.44. The molecule has 0 saturated carbocycles. The van der Waals surface area contributed by atoms with E-state index in [1.807, 2.05) is 43.3 Å². The molecule has 0 amide bonds. The van der Waals surface area contributed by atoms with E-state index >= 15 is 0 Å². The maximum Gasteiger partial charge on any atom is 0.306 e. The second-order valence-electron chi connectivity index (χ2n) is 7.24. The van der Waals surface area contributed by atoms with Crippen LogP contribution >= 0.6 is 11.6 Å². The number of halogens is 1. The Morgan fingerprint density at radius 3 is 2.30 bits per heavy atom. The first-order valence-corrected chi connectivity index (χ1v) is 10.5. The topological polar surface area (TPSA) is 68.2 Å². The number of rotatable bonds is 8. The fourth-order valence-electron chi connectivity index (χ4n) is 4.11. The van der Waals surface area contributed by atoms with Crippen molar-refractivity contribution in [3.63, 3.8) is 0 Å². The molecular weight excluding hydrogens is 406 g/mol. The predicted octanol–water partition coefficient (Wildman–Crippen LogP) is 4.64. The molecule has 1 N–H and O–H groups in total. The van der Waals surface area contributed by atoms with Crippen LogP contribution in [0.4, 0.5) is 0 Å². The van der Waals surface area contributed by atoms with E-state index in [1.54, 1.807) is 14.2 Å². The highest BCUT2D eigenvalue weighted by molar-refractivity contribution is 6.30. The zero-order valence-electron chi connectivity index (χ0n) is 17.6. The van der Waals surface area contributed by atoms with E-state index in [0.717, 1.165) is 16.9 Å². The number of hydrogen-bond donors (Lipinski definition) is 1. The molecule has 162 valence electrons. The summed E-state index contributed by atoms with van der Waals surface area (Å²) in [4.78, 5) is 13.7. The van der Waals surface area contributed by atoms with Crippen LogP contribution in [0.1, 0.15) is 36.9 Å². The molecule has 0 aromatic heterocycles. The number of carbonyl (C=O) groups is 1. The number of piperidine rings is 1. The van der Waals surface area contributed by atoms with E-state index in [9.17, 15) is 9.90 Å². The molecular formula is C23H28ClNO5. The summed E-state index contributed by atoms with van der Waals surface area (Å²) in [5, 5.41) is 10.0. The van der Waals surface area contributed by atoms with Gasteiger partial charge in [-0.05, 0) is 63.2 Å². The molecule has 1 fully saturated rings. The van der Waals surface area contributed by atoms with Crippen molar-refractivity contribution in [3.8, 4) is 17.2 Å². The second kappa shape index (κ2) is 10.0. The van der Waals surface area contributed by atoms with Crippen molar-refractivity contribution in [1.82, 2.24) is 4.90 Å². The Balaban J connectivity index is 2.15. The van der Waals surface area contributed by atoms with Crippen LogP contribution in [-0.2, 0) is 4.79 Å². The quantitative estimate of drug-likeness (QED) is 0.654. The lowest BCUT2D eigenvalue weighted by Crippen LogP contribution is -2.39. The van der Waals surface area contributed by atoms with Crippen LogP contribution < -0.4 is 14.2 Å². The third-order valence-electron chi connectivity index (χ3n) is 5.55. The van der Waals surface area contributed by atoms with Gasteiger partial charge in [0.05, 0.1) is 38.3 Å². The molecule has 30 heavy (non-hydrogen) atoms. The Labute approximate surface area is 182 Å². The lowest BCUT2D eigenvalue weighted by Gasteiger charge is -2.38. The first-order valence-electron chi connectivity index (χ1n) is 10.1. The van der Waals surface area contributed by atoms with Gasteiger partial charge in [0.15, 0.2) is 0 Å². The summed E-state index contributed by atoms with van der Waals surface area (Å²) in [7, 11) is 3.26. The summed E-state index contributed by atoms with van der Waals surface area (Å²) in [5.74, 6) is 1.07. The average Bonchev–Trinajstić information content (AvgIpc) is 2.76. The maximum absolute atomic E-state index is 11.5. The predicted molar refractivity (Wildman–Crippen MR) is 116 cm³/mol. The summed E-state index contributed by atoms with van der Waals surface area (Å²) >= 11 is 6.39. The largest absolute Gasteiger partial charge is 0.496 e. The normalized spacial score (nSPS) is 16.1. The number of hydrogen-bond acceptors (Lipinski definition) is 5. The molecule has 1 unspecified atom stereocenters. The fraction of sp³-hybridized carbons (Fsp3) is 0.435. The minimum Gasteiger partial charge on any atom is -0.496 e. The van der Waals surface area contributed by atoms with Gasteiger partial charge in [0.2, 0.25) is 0 Å². The second-order valence-corrected chi connectivity index (χ2v) is 7.68. The number of benzene rings is 2. The lowest BCUT2D eigenvalue weighted by molar-refractivity contribution is -0.143. The molecule has 1 saturated heterocycles. The smallest absolute Gasteiger partial charge is 0.306 e. The third-order valence-corrected chi connectivity index (χ3v) is 5.78. The number of aliphatic carboxylic acids is 1. The van der Waals surface area contributed by atoms with Crippen LogP contribution in [-0.4, -0.2) is 49.9 Å². The molecule has 1 aliphatic heterocycles. The number of methoxy groups -OCH3 is 2. The maximum atomic E-state index is 11.5. The number of ether oxygens (including phenoxy) is 3. The number of carboxylic acid groups (broad SMARTS) is 1. The monoisotopic (exact) mass is 433 g/mol. The molecule has 1 aliphatic rings. The van der Waals surface area contributed by atoms with E-state index in [0.29, 0.717) is 49.1 Å². The highest BCUT2D eigenvalue weighted by Crippen LogP contribution is 2.45. The first-order chi connectivity index (χ1) is 14.5. The van der Waals surface area contributed by atoms with Gasteiger partial charge in [0.25, 0.3) is 0 Å². The summed E-state index contributed by atoms with van der Waals surface area (Å²) in [6.45, 7) is 3.71. The Kier molecular flexibility index (Phi) is 7.45. The fourth-order valence-corrected chi connectivity index (χ4v) is 4.29. The van der Waals surface area contributed by atoms with Crippen LogP contribution in [0.15, 0.2) is 36.4 Å². The van der Waals surface area contributed by atoms with Gasteiger partial charge in [-0.25, -0.2) is 0 Å². The van der Waals surface area contributed by atoms with Crippen molar-refractivity contribution in [1.29, 1.82) is 0 Å². The van der Waals surface area contributed by atoms with E-state index in [-0.39, 0.29) is 12.0 Å². The van der Waals surface area contributed by atoms with Gasteiger partial charge in [-0.1, -0.05) is 17.7 Å². The van der Waals surface area contributed by atoms with Crippen molar-refractivity contribution < 1.29 is 24.1 Å². The summed E-state index contributed by atoms with van der Waals surface area (Å²) < 4.78 is 17.3. The molecule has 2 aromatic carbocycles. The molecule has 0 aliphatic carbocycles. The summed E-state index contributed by atoms with van der Waals surface area (Å²) in [5.41, 5.74) is 1.78. The van der Waals surface area contributed by atoms with Crippen LogP contribution in [0.5, 0.6) is 17.2 Å². The standard InChI is InChI=1S/C23H28ClNO5/c1-4-30-18-9-8-16(24)14-17(18)22(25-12-10-15(11-13-25)23(26)27)21-19(28-2)6-5-7-20(21)29-3/h5-9,14-15,22H,4,10-13H2,1-3H3,(H,26,27). The van der Waals surface area contributed by atoms with Crippen LogP contribution in [0.3, 0.4) is 0 Å². The Bertz CT molecular complexity index is 858. The van der Waals surface area contributed by atoms with Gasteiger partial charge in [-0.15, -0.1) is 0 Å². The summed E-state index contributed by atoms with van der Waals surface area (Å²) in [6, 6.07) is 11.0. The first kappa shape index (κ1) is 22.2. The number of carboxylic acids is 1. The van der Waals surface area contributed by atoms with E-state index in [1.165, 1.54) is 0 Å². The van der Waals surface area contributed by atoms with Crippen LogP contribution in [0.25, 0.3) is 0 Å². The minimum atomic E-state index is -0.737. The van der Waals surface area contributed by atoms with Crippen molar-refractivity contribution in [3.05, 3.63) is 52.5 Å². The van der Waals surface area contributed by atoms with Gasteiger partial charge < -0.3 is 19.3 Å². The zero-order valence-corrected chi connectivity index (χ0v) is 18.3. The molecule has 1 atom stereocenters. The minimum absolute atomic E-state index is 0.258. The molecule has 3 rings (SSSR count). The van der Waals surface area contributed by atoms with E-state index in [2.05, 4.69) is 4.90 Å².